The van der Waals surface area contributed by atoms with E-state index in [1.54, 1.807) is 0 Å². The molecule has 0 atom stereocenters. The van der Waals surface area contributed by atoms with Crippen LogP contribution in [0.15, 0.2) is 0 Å². The summed E-state index contributed by atoms with van der Waals surface area (Å²) in [6.45, 7) is 16.1. The highest BCUT2D eigenvalue weighted by molar-refractivity contribution is 7.71. The highest BCUT2D eigenvalue weighted by Crippen LogP contribution is 2.28. The van der Waals surface area contributed by atoms with Gasteiger partial charge in [0, 0.05) is 0 Å². The Kier molecular flexibility index (Phi) is 13.0. The van der Waals surface area contributed by atoms with Crippen molar-refractivity contribution in [2.75, 3.05) is 53.3 Å². The quantitative estimate of drug-likeness (QED) is 0.577. The molecule has 0 radical (unpaired) electrons. The van der Waals surface area contributed by atoms with Gasteiger partial charge >= 0.3 is 0 Å². The number of hydrogen-bond donors (Lipinski definition) is 0. The maximum absolute atomic E-state index is 3.88. The lowest BCUT2D eigenvalue weighted by molar-refractivity contribution is 2.11. The van der Waals surface area contributed by atoms with E-state index in [4.69, 9.17) is 0 Å². The van der Waals surface area contributed by atoms with Crippen molar-refractivity contribution in [1.82, 2.24) is 0 Å². The normalized spacial score (nSPS) is 10.3. The lowest BCUT2D eigenvalue weighted by Gasteiger charge is -1.96. The van der Waals surface area contributed by atoms with Crippen LogP contribution in [0.3, 0.4) is 0 Å². The first kappa shape index (κ1) is 20.2. The van der Waals surface area contributed by atoms with Crippen LogP contribution in [-0.4, -0.2) is 72.2 Å². The molecule has 0 bridgehead atoms. The first-order valence-corrected chi connectivity index (χ1v) is 13.6. The van der Waals surface area contributed by atoms with Crippen LogP contribution in [0.2, 0.25) is 0 Å². The summed E-state index contributed by atoms with van der Waals surface area (Å²) in [7, 11) is 0.130. The SMILES string of the molecule is C=P(C)(C)C.C=P(C)(C)C.C=[P+](C)C. The van der Waals surface area contributed by atoms with E-state index in [1.165, 1.54) is 0 Å². The second-order valence-corrected chi connectivity index (χ2v) is 17.0. The Balaban J connectivity index is -0.000000131. The zero-order valence-electron chi connectivity index (χ0n) is 11.5. The Morgan fingerprint density at radius 1 is 0.714 bits per heavy atom. The van der Waals surface area contributed by atoms with Gasteiger partial charge in [-0.2, -0.15) is 0 Å². The van der Waals surface area contributed by atoms with Gasteiger partial charge in [-0.25, -0.2) is 0 Å². The van der Waals surface area contributed by atoms with Crippen LogP contribution in [0.5, 0.6) is 0 Å². The van der Waals surface area contributed by atoms with Crippen molar-refractivity contribution in [3.8, 4) is 0 Å². The van der Waals surface area contributed by atoms with Gasteiger partial charge in [0.05, 0.1) is 27.2 Å². The summed E-state index contributed by atoms with van der Waals surface area (Å²) in [4.78, 5) is 0. The third kappa shape index (κ3) is 2980. The minimum atomic E-state index is -0.639. The van der Waals surface area contributed by atoms with Gasteiger partial charge in [0.15, 0.2) is 0 Å². The van der Waals surface area contributed by atoms with Gasteiger partial charge in [0.25, 0.3) is 0 Å². The van der Waals surface area contributed by atoms with Crippen molar-refractivity contribution in [2.24, 2.45) is 0 Å². The molecule has 88 valence electrons. The van der Waals surface area contributed by atoms with Crippen LogP contribution in [0.4, 0.5) is 0 Å². The molecular formula is C11H30P3+. The van der Waals surface area contributed by atoms with E-state index in [0.29, 0.717) is 0 Å². The molecule has 0 spiro atoms. The van der Waals surface area contributed by atoms with E-state index < -0.39 is 13.8 Å². The molecule has 0 nitrogen and oxygen atoms in total. The summed E-state index contributed by atoms with van der Waals surface area (Å²) >= 11 is 0. The monoisotopic (exact) mass is 255 g/mol. The van der Waals surface area contributed by atoms with Crippen LogP contribution in [0, 0.1) is 0 Å². The molecular weight excluding hydrogens is 225 g/mol. The molecule has 0 aliphatic heterocycles. The Morgan fingerprint density at radius 2 is 0.714 bits per heavy atom. The van der Waals surface area contributed by atoms with E-state index >= 15 is 0 Å². The summed E-state index contributed by atoms with van der Waals surface area (Å²) in [6.07, 6.45) is 11.5. The molecule has 0 aromatic carbocycles. The summed E-state index contributed by atoms with van der Waals surface area (Å²) in [5.41, 5.74) is 0. The zero-order chi connectivity index (χ0) is 12.6. The molecule has 0 N–H and O–H groups in total. The number of hydrogen-bond acceptors (Lipinski definition) is 0. The van der Waals surface area contributed by atoms with Gasteiger partial charge in [-0.05, 0) is 40.0 Å². The fourth-order valence-electron chi connectivity index (χ4n) is 0. The van der Waals surface area contributed by atoms with E-state index in [9.17, 15) is 0 Å². The van der Waals surface area contributed by atoms with Gasteiger partial charge in [-0.1, -0.05) is 0 Å². The highest BCUT2D eigenvalue weighted by atomic mass is 31.2. The highest BCUT2D eigenvalue weighted by Gasteiger charge is 1.79. The van der Waals surface area contributed by atoms with Crippen LogP contribution in [0.25, 0.3) is 0 Å². The molecule has 0 fully saturated rings. The Hall–Kier alpha value is 0.770. The molecule has 0 unspecified atom stereocenters. The van der Waals surface area contributed by atoms with E-state index in [2.05, 4.69) is 72.2 Å². The summed E-state index contributed by atoms with van der Waals surface area (Å²) in [6, 6.07) is 0. The van der Waals surface area contributed by atoms with E-state index in [0.717, 1.165) is 0 Å². The third-order valence-corrected chi connectivity index (χ3v) is 0. The average Bonchev–Trinajstić information content (AvgIpc) is 1.45. The van der Waals surface area contributed by atoms with Gasteiger partial charge in [0.2, 0.25) is 0 Å². The Bertz CT molecular complexity index is 186. The van der Waals surface area contributed by atoms with Crippen LogP contribution in [0.1, 0.15) is 0 Å². The second-order valence-electron chi connectivity index (χ2n) is 5.66. The van der Waals surface area contributed by atoms with Crippen molar-refractivity contribution >= 4 is 40.2 Å². The first-order chi connectivity index (χ1) is 5.73. The van der Waals surface area contributed by atoms with E-state index in [-0.39, 0.29) is 7.55 Å². The van der Waals surface area contributed by atoms with Crippen molar-refractivity contribution in [3.63, 3.8) is 0 Å². The first-order valence-electron chi connectivity index (χ1n) is 4.53. The summed E-state index contributed by atoms with van der Waals surface area (Å²) in [5, 5.41) is 0. The fourth-order valence-corrected chi connectivity index (χ4v) is 0. The molecule has 0 saturated heterocycles. The van der Waals surface area contributed by atoms with Gasteiger partial charge in [0.1, 0.15) is 0 Å². The lowest BCUT2D eigenvalue weighted by Crippen LogP contribution is -1.62. The molecule has 0 heterocycles. The second kappa shape index (κ2) is 9.03. The van der Waals surface area contributed by atoms with E-state index in [1.807, 2.05) is 0 Å². The minimum absolute atomic E-state index is 0.130. The summed E-state index contributed by atoms with van der Waals surface area (Å²) < 4.78 is 0. The molecule has 0 rings (SSSR count). The lowest BCUT2D eigenvalue weighted by atomic mass is 11.8. The smallest absolute Gasteiger partial charge is 0.0951 e. The maximum atomic E-state index is 3.88. The molecule has 0 amide bonds. The predicted molar refractivity (Wildman–Crippen MR) is 89.5 cm³/mol. The van der Waals surface area contributed by atoms with Gasteiger partial charge < -0.3 is 0 Å². The fraction of sp³-hybridized carbons (Fsp3) is 0.727. The molecule has 3 heteroatoms. The average molecular weight is 255 g/mol. The molecule has 0 saturated carbocycles. The topological polar surface area (TPSA) is 0 Å². The Morgan fingerprint density at radius 3 is 0.714 bits per heavy atom. The van der Waals surface area contributed by atoms with Crippen LogP contribution < -0.4 is 0 Å². The maximum Gasteiger partial charge on any atom is 0.0951 e. The molecule has 0 aliphatic rings. The standard InChI is InChI=1S/2C4H11P.C3H8P/c2*1-5(2,3)4;1-4(2)3/h2*1H2,2-4H3;1H2,2-3H3/q;;+1. The molecule has 14 heavy (non-hydrogen) atoms. The van der Waals surface area contributed by atoms with Gasteiger partial charge in [-0.15, -0.1) is 26.4 Å². The summed E-state index contributed by atoms with van der Waals surface area (Å²) in [5.74, 6) is 0. The Labute approximate surface area is 93.8 Å². The molecule has 0 aliphatic carbocycles. The third-order valence-electron chi connectivity index (χ3n) is 0. The van der Waals surface area contributed by atoms with Crippen molar-refractivity contribution in [2.45, 2.75) is 0 Å². The van der Waals surface area contributed by atoms with Crippen molar-refractivity contribution in [1.29, 1.82) is 0 Å². The number of rotatable bonds is 0. The van der Waals surface area contributed by atoms with Crippen molar-refractivity contribution < 1.29 is 0 Å². The van der Waals surface area contributed by atoms with Crippen molar-refractivity contribution in [3.05, 3.63) is 0 Å². The predicted octanol–water partition coefficient (Wildman–Crippen LogP) is 3.81. The largest absolute Gasteiger partial charge is 0.121 e. The van der Waals surface area contributed by atoms with Gasteiger partial charge in [-0.3, -0.25) is 0 Å². The van der Waals surface area contributed by atoms with Crippen LogP contribution in [-0.2, 0) is 0 Å². The van der Waals surface area contributed by atoms with Crippen LogP contribution >= 0.6 is 21.3 Å². The zero-order valence-corrected chi connectivity index (χ0v) is 14.1. The minimum Gasteiger partial charge on any atom is -0.121 e. The molecule has 0 aromatic heterocycles. The molecule has 0 aromatic rings.